The van der Waals surface area contributed by atoms with Crippen molar-refractivity contribution in [3.63, 3.8) is 0 Å². The van der Waals surface area contributed by atoms with Gasteiger partial charge in [0.15, 0.2) is 0 Å². The summed E-state index contributed by atoms with van der Waals surface area (Å²) in [6.07, 6.45) is 0.503. The summed E-state index contributed by atoms with van der Waals surface area (Å²) in [6.45, 7) is 9.32. The van der Waals surface area contributed by atoms with E-state index in [-0.39, 0.29) is 12.3 Å². The summed E-state index contributed by atoms with van der Waals surface area (Å²) in [5.41, 5.74) is 7.27. The Morgan fingerprint density at radius 2 is 1.34 bits per heavy atom. The van der Waals surface area contributed by atoms with Crippen molar-refractivity contribution in [2.45, 2.75) is 70.7 Å². The third-order valence-corrected chi connectivity index (χ3v) is 6.58. The van der Waals surface area contributed by atoms with Crippen molar-refractivity contribution in [3.8, 4) is 0 Å². The van der Waals surface area contributed by atoms with Crippen LogP contribution in [-0.4, -0.2) is 48.1 Å². The molecular weight excluding hydrogens is 445 g/mol. The molecule has 2 atom stereocenters. The highest BCUT2D eigenvalue weighted by atomic mass is 16.7. The lowest BCUT2D eigenvalue weighted by molar-refractivity contribution is -0.130. The SMILES string of the molecule is CC(=O)N[C@@H](Cc1ccccc1)C(=O)N[C@@H](Cc1ccc(B2OC(C)(C)C(C)(C)O2)cc1)C(N)=O. The molecular formula is C26H34BN3O5. The number of primary amides is 1. The molecule has 0 bridgehead atoms. The summed E-state index contributed by atoms with van der Waals surface area (Å²) in [5.74, 6) is -1.47. The Kier molecular flexibility index (Phi) is 8.02. The predicted molar refractivity (Wildman–Crippen MR) is 135 cm³/mol. The van der Waals surface area contributed by atoms with Crippen LogP contribution in [0.1, 0.15) is 45.7 Å². The van der Waals surface area contributed by atoms with Gasteiger partial charge in [-0.2, -0.15) is 0 Å². The second kappa shape index (κ2) is 10.6. The highest BCUT2D eigenvalue weighted by Gasteiger charge is 2.51. The molecule has 35 heavy (non-hydrogen) atoms. The molecule has 1 saturated heterocycles. The van der Waals surface area contributed by atoms with Crippen molar-refractivity contribution in [2.24, 2.45) is 5.73 Å². The molecule has 0 unspecified atom stereocenters. The number of hydrogen-bond donors (Lipinski definition) is 3. The van der Waals surface area contributed by atoms with Crippen LogP contribution in [0.2, 0.25) is 0 Å². The maximum Gasteiger partial charge on any atom is 0.494 e. The number of nitrogens with two attached hydrogens (primary N) is 1. The normalized spacial score (nSPS) is 17.9. The third kappa shape index (κ3) is 6.71. The monoisotopic (exact) mass is 479 g/mol. The number of rotatable bonds is 9. The molecule has 1 fully saturated rings. The second-order valence-electron chi connectivity index (χ2n) is 9.94. The molecule has 0 spiro atoms. The Bertz CT molecular complexity index is 1040. The number of amides is 3. The molecule has 186 valence electrons. The molecule has 0 radical (unpaired) electrons. The number of hydrogen-bond acceptors (Lipinski definition) is 5. The van der Waals surface area contributed by atoms with Crippen LogP contribution in [-0.2, 0) is 36.5 Å². The average Bonchev–Trinajstić information content (AvgIpc) is 3.00. The van der Waals surface area contributed by atoms with Gasteiger partial charge in [0.25, 0.3) is 0 Å². The molecule has 9 heteroatoms. The summed E-state index contributed by atoms with van der Waals surface area (Å²) in [7, 11) is -0.489. The number of benzene rings is 2. The van der Waals surface area contributed by atoms with E-state index in [4.69, 9.17) is 15.0 Å². The van der Waals surface area contributed by atoms with E-state index in [0.29, 0.717) is 6.42 Å². The van der Waals surface area contributed by atoms with E-state index in [0.717, 1.165) is 16.6 Å². The van der Waals surface area contributed by atoms with Crippen LogP contribution in [0.4, 0.5) is 0 Å². The zero-order valence-corrected chi connectivity index (χ0v) is 21.0. The van der Waals surface area contributed by atoms with Gasteiger partial charge in [0.2, 0.25) is 17.7 Å². The van der Waals surface area contributed by atoms with Gasteiger partial charge in [-0.3, -0.25) is 14.4 Å². The van der Waals surface area contributed by atoms with Crippen LogP contribution in [0.25, 0.3) is 0 Å². The van der Waals surface area contributed by atoms with Crippen molar-refractivity contribution in [1.82, 2.24) is 10.6 Å². The fourth-order valence-electron chi connectivity index (χ4n) is 3.83. The zero-order chi connectivity index (χ0) is 25.8. The first-order chi connectivity index (χ1) is 16.4. The molecule has 3 amide bonds. The smallest absolute Gasteiger partial charge is 0.399 e. The van der Waals surface area contributed by atoms with E-state index < -0.39 is 42.2 Å². The van der Waals surface area contributed by atoms with Crippen LogP contribution in [0.15, 0.2) is 54.6 Å². The van der Waals surface area contributed by atoms with Crippen LogP contribution >= 0.6 is 0 Å². The molecule has 1 heterocycles. The van der Waals surface area contributed by atoms with Crippen molar-refractivity contribution < 1.29 is 23.7 Å². The number of nitrogens with one attached hydrogen (secondary N) is 2. The summed E-state index contributed by atoms with van der Waals surface area (Å²) >= 11 is 0. The molecule has 0 aliphatic carbocycles. The summed E-state index contributed by atoms with van der Waals surface area (Å²) in [4.78, 5) is 36.8. The molecule has 2 aromatic rings. The van der Waals surface area contributed by atoms with Gasteiger partial charge < -0.3 is 25.7 Å². The lowest BCUT2D eigenvalue weighted by atomic mass is 9.78. The predicted octanol–water partition coefficient (Wildman–Crippen LogP) is 1.25. The molecule has 0 saturated carbocycles. The average molecular weight is 479 g/mol. The van der Waals surface area contributed by atoms with Crippen LogP contribution in [0.3, 0.4) is 0 Å². The molecule has 1 aliphatic heterocycles. The molecule has 4 N–H and O–H groups in total. The van der Waals surface area contributed by atoms with Gasteiger partial charge in [-0.05, 0) is 44.3 Å². The summed E-state index contributed by atoms with van der Waals surface area (Å²) < 4.78 is 12.2. The largest absolute Gasteiger partial charge is 0.494 e. The number of carbonyl (C=O) groups is 3. The van der Waals surface area contributed by atoms with E-state index in [1.165, 1.54) is 6.92 Å². The highest BCUT2D eigenvalue weighted by molar-refractivity contribution is 6.62. The maximum atomic E-state index is 13.0. The van der Waals surface area contributed by atoms with E-state index in [1.807, 2.05) is 82.3 Å². The topological polar surface area (TPSA) is 120 Å². The van der Waals surface area contributed by atoms with Gasteiger partial charge in [0.1, 0.15) is 12.1 Å². The molecule has 0 aromatic heterocycles. The Morgan fingerprint density at radius 3 is 1.86 bits per heavy atom. The zero-order valence-electron chi connectivity index (χ0n) is 21.0. The quantitative estimate of drug-likeness (QED) is 0.468. The fourth-order valence-corrected chi connectivity index (χ4v) is 3.83. The highest BCUT2D eigenvalue weighted by Crippen LogP contribution is 2.36. The van der Waals surface area contributed by atoms with Gasteiger partial charge in [0.05, 0.1) is 11.2 Å². The standard InChI is InChI=1S/C26H34BN3O5/c1-17(31)29-22(16-18-9-7-6-8-10-18)24(33)30-21(23(28)32)15-19-11-13-20(14-12-19)27-34-25(2,3)26(4,5)35-27/h6-14,21-22H,15-16H2,1-5H3,(H2,28,32)(H,29,31)(H,30,33)/t21-,22-/m0/s1. The van der Waals surface area contributed by atoms with Gasteiger partial charge >= 0.3 is 7.12 Å². The lowest BCUT2D eigenvalue weighted by Crippen LogP contribution is -2.54. The summed E-state index contributed by atoms with van der Waals surface area (Å²) in [6, 6.07) is 15.0. The minimum Gasteiger partial charge on any atom is -0.399 e. The van der Waals surface area contributed by atoms with Crippen molar-refractivity contribution >= 4 is 30.3 Å². The molecule has 8 nitrogen and oxygen atoms in total. The van der Waals surface area contributed by atoms with Gasteiger partial charge in [-0.25, -0.2) is 0 Å². The Labute approximate surface area is 207 Å². The molecule has 2 aromatic carbocycles. The Morgan fingerprint density at radius 1 is 0.829 bits per heavy atom. The lowest BCUT2D eigenvalue weighted by Gasteiger charge is -2.32. The maximum absolute atomic E-state index is 13.0. The first kappa shape index (κ1) is 26.4. The van der Waals surface area contributed by atoms with E-state index in [2.05, 4.69) is 10.6 Å². The van der Waals surface area contributed by atoms with E-state index in [9.17, 15) is 14.4 Å². The van der Waals surface area contributed by atoms with Crippen molar-refractivity contribution in [3.05, 3.63) is 65.7 Å². The van der Waals surface area contributed by atoms with Crippen molar-refractivity contribution in [1.29, 1.82) is 0 Å². The first-order valence-corrected chi connectivity index (χ1v) is 11.7. The minimum absolute atomic E-state index is 0.211. The molecule has 3 rings (SSSR count). The van der Waals surface area contributed by atoms with E-state index >= 15 is 0 Å². The second-order valence-corrected chi connectivity index (χ2v) is 9.94. The van der Waals surface area contributed by atoms with E-state index in [1.54, 1.807) is 0 Å². The van der Waals surface area contributed by atoms with Crippen LogP contribution in [0.5, 0.6) is 0 Å². The van der Waals surface area contributed by atoms with Crippen LogP contribution in [0, 0.1) is 0 Å². The molecule has 1 aliphatic rings. The number of carbonyl (C=O) groups excluding carboxylic acids is 3. The Hall–Kier alpha value is -3.17. The third-order valence-electron chi connectivity index (χ3n) is 6.58. The Balaban J connectivity index is 1.67. The van der Waals surface area contributed by atoms with Crippen molar-refractivity contribution in [2.75, 3.05) is 0 Å². The van der Waals surface area contributed by atoms with Gasteiger partial charge in [0, 0.05) is 19.8 Å². The fraction of sp³-hybridized carbons (Fsp3) is 0.423. The minimum atomic E-state index is -0.933. The van der Waals surface area contributed by atoms with Gasteiger partial charge in [-0.15, -0.1) is 0 Å². The first-order valence-electron chi connectivity index (χ1n) is 11.7. The van der Waals surface area contributed by atoms with Gasteiger partial charge in [-0.1, -0.05) is 54.6 Å². The summed E-state index contributed by atoms with van der Waals surface area (Å²) in [5, 5.41) is 5.36. The van der Waals surface area contributed by atoms with Crippen LogP contribution < -0.4 is 21.8 Å².